The number of nitrogens with zero attached hydrogens (tertiary/aromatic N) is 2. The average Bonchev–Trinajstić information content (AvgIpc) is 3.28. The van der Waals surface area contributed by atoms with Crippen molar-refractivity contribution in [3.63, 3.8) is 0 Å². The van der Waals surface area contributed by atoms with Crippen LogP contribution in [0.2, 0.25) is 10.0 Å². The molecule has 31 heavy (non-hydrogen) atoms. The monoisotopic (exact) mass is 452 g/mol. The molecule has 0 saturated carbocycles. The van der Waals surface area contributed by atoms with Gasteiger partial charge in [0.2, 0.25) is 5.91 Å². The first-order chi connectivity index (χ1) is 15.0. The van der Waals surface area contributed by atoms with Crippen molar-refractivity contribution < 1.29 is 14.4 Å². The number of para-hydroxylation sites is 1. The topological polar surface area (TPSA) is 49.9 Å². The highest BCUT2D eigenvalue weighted by Gasteiger charge is 2.60. The summed E-state index contributed by atoms with van der Waals surface area (Å²) in [5.74, 6) is -1.40. The molecule has 156 valence electrons. The van der Waals surface area contributed by atoms with Crippen molar-refractivity contribution in [2.45, 2.75) is 19.1 Å². The Morgan fingerprint density at radius 2 is 1.55 bits per heavy atom. The molecule has 2 amide bonds. The van der Waals surface area contributed by atoms with E-state index in [0.717, 1.165) is 11.3 Å². The minimum absolute atomic E-state index is 0.307. The summed E-state index contributed by atoms with van der Waals surface area (Å²) in [6.07, 6.45) is -0.924. The van der Waals surface area contributed by atoms with Crippen LogP contribution in [0.25, 0.3) is 0 Å². The van der Waals surface area contributed by atoms with Gasteiger partial charge in [-0.3, -0.25) is 14.4 Å². The number of benzene rings is 3. The fraction of sp³-hybridized carbons (Fsp3) is 0.167. The minimum Gasteiger partial charge on any atom is -0.273 e. The molecule has 2 fully saturated rings. The first-order valence-electron chi connectivity index (χ1n) is 9.87. The first kappa shape index (κ1) is 20.1. The van der Waals surface area contributed by atoms with Gasteiger partial charge in [-0.25, -0.2) is 9.96 Å². The number of imide groups is 1. The van der Waals surface area contributed by atoms with Gasteiger partial charge in [-0.05, 0) is 54.4 Å². The Bertz CT molecular complexity index is 1170. The summed E-state index contributed by atoms with van der Waals surface area (Å²) in [4.78, 5) is 34.3. The number of hydroxylamine groups is 1. The highest BCUT2D eigenvalue weighted by atomic mass is 35.5. The second-order valence-electron chi connectivity index (χ2n) is 7.61. The van der Waals surface area contributed by atoms with Crippen LogP contribution in [0.5, 0.6) is 0 Å². The lowest BCUT2D eigenvalue weighted by atomic mass is 9.90. The first-order valence-corrected chi connectivity index (χ1v) is 10.6. The van der Waals surface area contributed by atoms with Crippen molar-refractivity contribution in [3.8, 4) is 0 Å². The van der Waals surface area contributed by atoms with Crippen LogP contribution >= 0.6 is 23.2 Å². The number of halogens is 2. The predicted molar refractivity (Wildman–Crippen MR) is 120 cm³/mol. The molecule has 5 rings (SSSR count). The summed E-state index contributed by atoms with van der Waals surface area (Å²) < 4.78 is 0. The molecule has 0 bridgehead atoms. The largest absolute Gasteiger partial charge is 0.273 e. The number of carbonyl (C=O) groups is 2. The van der Waals surface area contributed by atoms with E-state index in [1.54, 1.807) is 42.3 Å². The Hall–Kier alpha value is -2.86. The summed E-state index contributed by atoms with van der Waals surface area (Å²) in [5.41, 5.74) is 2.77. The van der Waals surface area contributed by atoms with Crippen molar-refractivity contribution in [1.82, 2.24) is 0 Å². The number of anilines is 2. The van der Waals surface area contributed by atoms with Gasteiger partial charge in [-0.1, -0.05) is 59.6 Å². The molecule has 2 saturated heterocycles. The third kappa shape index (κ3) is 3.21. The van der Waals surface area contributed by atoms with Gasteiger partial charge in [0.15, 0.2) is 6.10 Å². The van der Waals surface area contributed by atoms with E-state index in [2.05, 4.69) is 0 Å². The normalized spacial score (nSPS) is 22.9. The molecule has 3 atom stereocenters. The van der Waals surface area contributed by atoms with E-state index in [-0.39, 0.29) is 5.91 Å². The minimum atomic E-state index is -0.924. The lowest BCUT2D eigenvalue weighted by Crippen LogP contribution is -2.37. The van der Waals surface area contributed by atoms with Gasteiger partial charge in [0, 0.05) is 10.0 Å². The van der Waals surface area contributed by atoms with Gasteiger partial charge in [0.25, 0.3) is 5.91 Å². The van der Waals surface area contributed by atoms with Gasteiger partial charge in [-0.15, -0.1) is 0 Å². The lowest BCUT2D eigenvalue weighted by molar-refractivity contribution is -0.126. The summed E-state index contributed by atoms with van der Waals surface area (Å²) in [6, 6.07) is 21.4. The fourth-order valence-corrected chi connectivity index (χ4v) is 4.58. The summed E-state index contributed by atoms with van der Waals surface area (Å²) in [7, 11) is 0. The molecule has 5 nitrogen and oxygen atoms in total. The summed E-state index contributed by atoms with van der Waals surface area (Å²) in [5, 5.41) is 2.75. The molecule has 3 aromatic rings. The quantitative estimate of drug-likeness (QED) is 0.502. The van der Waals surface area contributed by atoms with Crippen LogP contribution in [0.1, 0.15) is 17.2 Å². The molecule has 2 aliphatic heterocycles. The van der Waals surface area contributed by atoms with E-state index in [1.807, 2.05) is 42.5 Å². The molecule has 0 aliphatic carbocycles. The standard InChI is InChI=1S/C24H18Cl2N2O3/c1-14-18(26)8-5-9-19(14)27-23(29)20-21(15-10-12-16(25)13-11-15)28(31-22(20)24(27)30)17-6-3-2-4-7-17/h2-13,20-22H,1H3/t20-,21-,22+/m0/s1. The maximum absolute atomic E-state index is 13.6. The Labute approximate surface area is 189 Å². The van der Waals surface area contributed by atoms with Crippen molar-refractivity contribution >= 4 is 46.4 Å². The molecule has 7 heteroatoms. The smallest absolute Gasteiger partial charge is 0.266 e. The van der Waals surface area contributed by atoms with Gasteiger partial charge in [0.1, 0.15) is 5.92 Å². The Kier molecular flexibility index (Phi) is 4.97. The van der Waals surface area contributed by atoms with Gasteiger partial charge in [0.05, 0.1) is 17.4 Å². The molecule has 2 aliphatic rings. The third-order valence-electron chi connectivity index (χ3n) is 5.82. The van der Waals surface area contributed by atoms with Gasteiger partial charge < -0.3 is 0 Å². The van der Waals surface area contributed by atoms with E-state index in [4.69, 9.17) is 28.0 Å². The molecule has 0 unspecified atom stereocenters. The van der Waals surface area contributed by atoms with E-state index in [9.17, 15) is 9.59 Å². The van der Waals surface area contributed by atoms with Crippen LogP contribution in [0.3, 0.4) is 0 Å². The molecular formula is C24H18Cl2N2O3. The molecular weight excluding hydrogens is 435 g/mol. The maximum Gasteiger partial charge on any atom is 0.266 e. The zero-order valence-corrected chi connectivity index (χ0v) is 18.0. The second-order valence-corrected chi connectivity index (χ2v) is 8.45. The Balaban J connectivity index is 1.60. The molecule has 0 radical (unpaired) electrons. The number of hydrogen-bond acceptors (Lipinski definition) is 4. The highest BCUT2D eigenvalue weighted by molar-refractivity contribution is 6.32. The van der Waals surface area contributed by atoms with Gasteiger partial charge in [-0.2, -0.15) is 0 Å². The Morgan fingerprint density at radius 3 is 2.26 bits per heavy atom. The highest BCUT2D eigenvalue weighted by Crippen LogP contribution is 2.48. The number of hydrogen-bond donors (Lipinski definition) is 0. The average molecular weight is 453 g/mol. The molecule has 0 aromatic heterocycles. The maximum atomic E-state index is 13.6. The summed E-state index contributed by atoms with van der Waals surface area (Å²) >= 11 is 12.3. The van der Waals surface area contributed by atoms with Crippen LogP contribution < -0.4 is 9.96 Å². The summed E-state index contributed by atoms with van der Waals surface area (Å²) in [6.45, 7) is 1.79. The van der Waals surface area contributed by atoms with Crippen molar-refractivity contribution in [1.29, 1.82) is 0 Å². The van der Waals surface area contributed by atoms with E-state index in [0.29, 0.717) is 21.3 Å². The van der Waals surface area contributed by atoms with Crippen LogP contribution in [0.4, 0.5) is 11.4 Å². The zero-order valence-electron chi connectivity index (χ0n) is 16.5. The molecule has 0 spiro atoms. The van der Waals surface area contributed by atoms with Crippen LogP contribution in [-0.2, 0) is 14.4 Å². The molecule has 2 heterocycles. The van der Waals surface area contributed by atoms with Crippen LogP contribution in [0, 0.1) is 12.8 Å². The Morgan fingerprint density at radius 1 is 0.839 bits per heavy atom. The van der Waals surface area contributed by atoms with E-state index in [1.165, 1.54) is 4.90 Å². The third-order valence-corrected chi connectivity index (χ3v) is 6.48. The number of carbonyl (C=O) groups excluding carboxylic acids is 2. The van der Waals surface area contributed by atoms with Crippen LogP contribution in [0.15, 0.2) is 72.8 Å². The number of rotatable bonds is 3. The van der Waals surface area contributed by atoms with Gasteiger partial charge >= 0.3 is 0 Å². The predicted octanol–water partition coefficient (Wildman–Crippen LogP) is 5.35. The van der Waals surface area contributed by atoms with Crippen molar-refractivity contribution in [3.05, 3.63) is 94.0 Å². The molecule has 0 N–H and O–H groups in total. The molecule has 3 aromatic carbocycles. The van der Waals surface area contributed by atoms with E-state index < -0.39 is 24.0 Å². The second kappa shape index (κ2) is 7.68. The van der Waals surface area contributed by atoms with Crippen molar-refractivity contribution in [2.24, 2.45) is 5.92 Å². The number of amides is 2. The lowest BCUT2D eigenvalue weighted by Gasteiger charge is -2.29. The number of fused-ring (bicyclic) bond motifs is 1. The van der Waals surface area contributed by atoms with Crippen LogP contribution in [-0.4, -0.2) is 17.9 Å². The SMILES string of the molecule is Cc1c(Cl)cccc1N1C(=O)[C@@H]2[C@@H](ON(c3ccccc3)[C@H]2c2ccc(Cl)cc2)C1=O. The zero-order chi connectivity index (χ0) is 21.7. The fourth-order valence-electron chi connectivity index (χ4n) is 4.29. The van der Waals surface area contributed by atoms with E-state index >= 15 is 0 Å². The van der Waals surface area contributed by atoms with Crippen molar-refractivity contribution in [2.75, 3.05) is 9.96 Å².